The smallest absolute Gasteiger partial charge is 0.216 e. The molecule has 3 aromatic rings. The molecule has 0 saturated heterocycles. The molecule has 1 N–H and O–H groups in total. The Morgan fingerprint density at radius 1 is 1.24 bits per heavy atom. The van der Waals surface area contributed by atoms with Gasteiger partial charge in [-0.3, -0.25) is 0 Å². The zero-order valence-corrected chi connectivity index (χ0v) is 17.4. The fourth-order valence-corrected chi connectivity index (χ4v) is 2.81. The first-order chi connectivity index (χ1) is 14.0. The van der Waals surface area contributed by atoms with Crippen LogP contribution in [0.2, 0.25) is 0 Å². The lowest BCUT2D eigenvalue weighted by Crippen LogP contribution is -2.03. The van der Waals surface area contributed by atoms with Gasteiger partial charge in [-0.2, -0.15) is 14.9 Å². The number of aromatic nitrogens is 3. The highest BCUT2D eigenvalue weighted by atomic mass is 32.1. The van der Waals surface area contributed by atoms with Crippen LogP contribution in [0.25, 0.3) is 11.4 Å². The summed E-state index contributed by atoms with van der Waals surface area (Å²) in [4.78, 5) is 0. The van der Waals surface area contributed by atoms with E-state index in [0.717, 1.165) is 12.0 Å². The van der Waals surface area contributed by atoms with Crippen molar-refractivity contribution in [2.45, 2.75) is 20.3 Å². The molecule has 8 heteroatoms. The molecule has 0 atom stereocenters. The van der Waals surface area contributed by atoms with Crippen molar-refractivity contribution in [3.63, 3.8) is 0 Å². The third kappa shape index (κ3) is 5.29. The SMILES string of the molecule is COc1cc(/C=N\n2c(-c3cccc(F)c3)n[nH]c2=S)ccc1OCCC(C)C. The third-order valence-corrected chi connectivity index (χ3v) is 4.46. The molecular formula is C21H23FN4O2S. The number of rotatable bonds is 8. The van der Waals surface area contributed by atoms with E-state index in [1.165, 1.54) is 16.8 Å². The van der Waals surface area contributed by atoms with Gasteiger partial charge in [0.15, 0.2) is 17.3 Å². The molecule has 6 nitrogen and oxygen atoms in total. The van der Waals surface area contributed by atoms with Crippen LogP contribution in [0, 0.1) is 16.5 Å². The molecule has 29 heavy (non-hydrogen) atoms. The highest BCUT2D eigenvalue weighted by Gasteiger charge is 2.10. The average Bonchev–Trinajstić information content (AvgIpc) is 3.07. The molecule has 0 aliphatic heterocycles. The minimum Gasteiger partial charge on any atom is -0.493 e. The maximum Gasteiger partial charge on any atom is 0.216 e. The largest absolute Gasteiger partial charge is 0.493 e. The van der Waals surface area contributed by atoms with Gasteiger partial charge in [0.05, 0.1) is 19.9 Å². The van der Waals surface area contributed by atoms with E-state index in [2.05, 4.69) is 29.1 Å². The van der Waals surface area contributed by atoms with Crippen LogP contribution in [0.1, 0.15) is 25.8 Å². The summed E-state index contributed by atoms with van der Waals surface area (Å²) in [6.07, 6.45) is 2.60. The van der Waals surface area contributed by atoms with Crippen LogP contribution in [0.3, 0.4) is 0 Å². The Morgan fingerprint density at radius 2 is 2.07 bits per heavy atom. The van der Waals surface area contributed by atoms with Crippen LogP contribution in [0.5, 0.6) is 11.5 Å². The molecule has 0 radical (unpaired) electrons. The normalized spacial score (nSPS) is 11.3. The van der Waals surface area contributed by atoms with Gasteiger partial charge in [-0.25, -0.2) is 9.49 Å². The fourth-order valence-electron chi connectivity index (χ4n) is 2.63. The number of aromatic amines is 1. The van der Waals surface area contributed by atoms with Crippen LogP contribution >= 0.6 is 12.2 Å². The number of H-pyrrole nitrogens is 1. The standard InChI is InChI=1S/C21H23FN4O2S/c1-14(2)9-10-28-18-8-7-15(11-19(18)27-3)13-23-26-20(24-25-21(26)29)16-5-4-6-17(22)12-16/h4-8,11-14H,9-10H2,1-3H3,(H,25,29)/b23-13-. The number of ether oxygens (including phenoxy) is 2. The van der Waals surface area contributed by atoms with Crippen LogP contribution in [-0.2, 0) is 0 Å². The zero-order valence-electron chi connectivity index (χ0n) is 16.6. The first-order valence-electron chi connectivity index (χ1n) is 9.26. The zero-order chi connectivity index (χ0) is 20.8. The molecular weight excluding hydrogens is 391 g/mol. The maximum atomic E-state index is 13.6. The Hall–Kier alpha value is -3.00. The lowest BCUT2D eigenvalue weighted by Gasteiger charge is -2.12. The van der Waals surface area contributed by atoms with Gasteiger partial charge in [0.2, 0.25) is 4.77 Å². The summed E-state index contributed by atoms with van der Waals surface area (Å²) in [5.74, 6) is 1.94. The van der Waals surface area contributed by atoms with Gasteiger partial charge >= 0.3 is 0 Å². The van der Waals surface area contributed by atoms with E-state index >= 15 is 0 Å². The van der Waals surface area contributed by atoms with Crippen LogP contribution in [-0.4, -0.2) is 34.8 Å². The highest BCUT2D eigenvalue weighted by Crippen LogP contribution is 2.28. The van der Waals surface area contributed by atoms with Gasteiger partial charge in [0, 0.05) is 5.56 Å². The molecule has 0 bridgehead atoms. The summed E-state index contributed by atoms with van der Waals surface area (Å²) in [7, 11) is 1.60. The maximum absolute atomic E-state index is 13.6. The van der Waals surface area contributed by atoms with Gasteiger partial charge in [0.1, 0.15) is 5.82 Å². The molecule has 0 spiro atoms. The molecule has 0 fully saturated rings. The summed E-state index contributed by atoms with van der Waals surface area (Å²) in [6, 6.07) is 11.7. The Morgan fingerprint density at radius 3 is 2.79 bits per heavy atom. The van der Waals surface area contributed by atoms with Crippen LogP contribution < -0.4 is 9.47 Å². The second kappa shape index (κ2) is 9.47. The predicted octanol–water partition coefficient (Wildman–Crippen LogP) is 5.06. The molecule has 0 aliphatic carbocycles. The molecule has 0 saturated carbocycles. The van der Waals surface area contributed by atoms with Crippen LogP contribution in [0.15, 0.2) is 47.6 Å². The molecule has 0 amide bonds. The number of benzene rings is 2. The van der Waals surface area contributed by atoms with E-state index in [1.807, 2.05) is 18.2 Å². The number of nitrogens with one attached hydrogen (secondary N) is 1. The highest BCUT2D eigenvalue weighted by molar-refractivity contribution is 7.71. The molecule has 0 unspecified atom stereocenters. The summed E-state index contributed by atoms with van der Waals surface area (Å²) >= 11 is 5.25. The number of hydrogen-bond donors (Lipinski definition) is 1. The molecule has 0 aliphatic rings. The van der Waals surface area contributed by atoms with Crippen molar-refractivity contribution in [1.29, 1.82) is 0 Å². The van der Waals surface area contributed by atoms with E-state index in [4.69, 9.17) is 21.7 Å². The molecule has 1 heterocycles. The predicted molar refractivity (Wildman–Crippen MR) is 114 cm³/mol. The lowest BCUT2D eigenvalue weighted by atomic mass is 10.1. The number of hydrogen-bond acceptors (Lipinski definition) is 5. The van der Waals surface area contributed by atoms with Crippen molar-refractivity contribution in [2.75, 3.05) is 13.7 Å². The second-order valence-electron chi connectivity index (χ2n) is 6.86. The first-order valence-corrected chi connectivity index (χ1v) is 9.67. The van der Waals surface area contributed by atoms with E-state index in [-0.39, 0.29) is 5.82 Å². The Kier molecular flexibility index (Phi) is 6.77. The van der Waals surface area contributed by atoms with Crippen molar-refractivity contribution in [2.24, 2.45) is 11.0 Å². The quantitative estimate of drug-likeness (QED) is 0.413. The van der Waals surface area contributed by atoms with Gasteiger partial charge in [0.25, 0.3) is 0 Å². The van der Waals surface area contributed by atoms with Crippen molar-refractivity contribution in [1.82, 2.24) is 14.9 Å². The van der Waals surface area contributed by atoms with Gasteiger partial charge in [-0.05, 0) is 60.5 Å². The van der Waals surface area contributed by atoms with E-state index in [1.54, 1.807) is 25.5 Å². The molecule has 3 rings (SSSR count). The monoisotopic (exact) mass is 414 g/mol. The number of methoxy groups -OCH3 is 1. The average molecular weight is 415 g/mol. The molecule has 1 aromatic heterocycles. The molecule has 2 aromatic carbocycles. The van der Waals surface area contributed by atoms with Crippen molar-refractivity contribution >= 4 is 18.4 Å². The van der Waals surface area contributed by atoms with Gasteiger partial charge in [-0.15, -0.1) is 0 Å². The van der Waals surface area contributed by atoms with Gasteiger partial charge < -0.3 is 9.47 Å². The van der Waals surface area contributed by atoms with Gasteiger partial charge in [-0.1, -0.05) is 26.0 Å². The van der Waals surface area contributed by atoms with E-state index in [0.29, 0.717) is 40.2 Å². The van der Waals surface area contributed by atoms with Crippen LogP contribution in [0.4, 0.5) is 4.39 Å². The fraction of sp³-hybridized carbons (Fsp3) is 0.286. The third-order valence-electron chi connectivity index (χ3n) is 4.20. The summed E-state index contributed by atoms with van der Waals surface area (Å²) in [5, 5.41) is 11.3. The Balaban J connectivity index is 1.83. The van der Waals surface area contributed by atoms with Crippen molar-refractivity contribution in [3.8, 4) is 22.9 Å². The minimum atomic E-state index is -0.357. The first kappa shape index (κ1) is 20.7. The van der Waals surface area contributed by atoms with E-state index < -0.39 is 0 Å². The Bertz CT molecular complexity index is 1060. The lowest BCUT2D eigenvalue weighted by molar-refractivity contribution is 0.273. The summed E-state index contributed by atoms with van der Waals surface area (Å²) in [5.41, 5.74) is 1.37. The minimum absolute atomic E-state index is 0.307. The number of halogens is 1. The van der Waals surface area contributed by atoms with Crippen molar-refractivity contribution in [3.05, 3.63) is 58.6 Å². The topological polar surface area (TPSA) is 64.4 Å². The summed E-state index contributed by atoms with van der Waals surface area (Å²) < 4.78 is 26.6. The van der Waals surface area contributed by atoms with E-state index in [9.17, 15) is 4.39 Å². The second-order valence-corrected chi connectivity index (χ2v) is 7.25. The number of nitrogens with zero attached hydrogens (tertiary/aromatic N) is 3. The molecule has 152 valence electrons. The Labute approximate surface area is 174 Å². The summed E-state index contributed by atoms with van der Waals surface area (Å²) in [6.45, 7) is 4.93. The van der Waals surface area contributed by atoms with Crippen molar-refractivity contribution < 1.29 is 13.9 Å².